The summed E-state index contributed by atoms with van der Waals surface area (Å²) in [5, 5.41) is 4.19. The Labute approximate surface area is 93.2 Å². The van der Waals surface area contributed by atoms with Crippen molar-refractivity contribution in [2.45, 2.75) is 13.3 Å². The fraction of sp³-hybridized carbons (Fsp3) is 0.273. The van der Waals surface area contributed by atoms with Gasteiger partial charge in [0.2, 0.25) is 0 Å². The van der Waals surface area contributed by atoms with Crippen LogP contribution in [-0.4, -0.2) is 25.5 Å². The van der Waals surface area contributed by atoms with Crippen molar-refractivity contribution in [2.24, 2.45) is 7.05 Å². The molecule has 0 atom stereocenters. The standard InChI is InChI=1S/C11H12N4O/c1-8-5-9(15(2)14-8)6-11(16)10-3-4-12-7-13-10/h3-5,7H,6H2,1-2H3. The van der Waals surface area contributed by atoms with Gasteiger partial charge in [-0.25, -0.2) is 9.97 Å². The summed E-state index contributed by atoms with van der Waals surface area (Å²) < 4.78 is 1.72. The normalized spacial score (nSPS) is 10.4. The van der Waals surface area contributed by atoms with E-state index in [-0.39, 0.29) is 5.78 Å². The third kappa shape index (κ3) is 2.13. The molecule has 0 amide bonds. The largest absolute Gasteiger partial charge is 0.292 e. The van der Waals surface area contributed by atoms with Crippen LogP contribution in [0.2, 0.25) is 0 Å². The lowest BCUT2D eigenvalue weighted by molar-refractivity contribution is 0.0986. The number of hydrogen-bond donors (Lipinski definition) is 0. The Hall–Kier alpha value is -2.04. The molecule has 82 valence electrons. The van der Waals surface area contributed by atoms with Crippen LogP contribution in [0.5, 0.6) is 0 Å². The van der Waals surface area contributed by atoms with Crippen molar-refractivity contribution < 1.29 is 4.79 Å². The molecular weight excluding hydrogens is 204 g/mol. The molecule has 2 heterocycles. The van der Waals surface area contributed by atoms with Gasteiger partial charge in [-0.05, 0) is 19.1 Å². The Morgan fingerprint density at radius 3 is 2.88 bits per heavy atom. The predicted molar refractivity (Wildman–Crippen MR) is 58.0 cm³/mol. The first-order valence-electron chi connectivity index (χ1n) is 4.95. The van der Waals surface area contributed by atoms with E-state index >= 15 is 0 Å². The first-order valence-corrected chi connectivity index (χ1v) is 4.95. The van der Waals surface area contributed by atoms with Gasteiger partial charge in [0.25, 0.3) is 0 Å². The fourth-order valence-electron chi connectivity index (χ4n) is 1.54. The summed E-state index contributed by atoms with van der Waals surface area (Å²) in [7, 11) is 1.83. The molecule has 0 N–H and O–H groups in total. The highest BCUT2D eigenvalue weighted by Crippen LogP contribution is 2.06. The molecule has 5 heteroatoms. The number of aromatic nitrogens is 4. The van der Waals surface area contributed by atoms with E-state index in [0.717, 1.165) is 11.4 Å². The van der Waals surface area contributed by atoms with E-state index in [1.54, 1.807) is 16.9 Å². The second-order valence-electron chi connectivity index (χ2n) is 3.60. The number of nitrogens with zero attached hydrogens (tertiary/aromatic N) is 4. The van der Waals surface area contributed by atoms with Crippen molar-refractivity contribution in [3.8, 4) is 0 Å². The van der Waals surface area contributed by atoms with Gasteiger partial charge >= 0.3 is 0 Å². The van der Waals surface area contributed by atoms with Gasteiger partial charge in [0.1, 0.15) is 12.0 Å². The highest BCUT2D eigenvalue weighted by atomic mass is 16.1. The van der Waals surface area contributed by atoms with Gasteiger partial charge in [0.05, 0.1) is 12.1 Å². The van der Waals surface area contributed by atoms with Crippen molar-refractivity contribution in [1.29, 1.82) is 0 Å². The Balaban J connectivity index is 2.17. The van der Waals surface area contributed by atoms with Crippen LogP contribution < -0.4 is 0 Å². The van der Waals surface area contributed by atoms with Gasteiger partial charge in [-0.15, -0.1) is 0 Å². The number of ketones is 1. The third-order valence-electron chi connectivity index (χ3n) is 2.31. The van der Waals surface area contributed by atoms with Crippen LogP contribution in [-0.2, 0) is 13.5 Å². The zero-order valence-corrected chi connectivity index (χ0v) is 9.21. The first-order chi connectivity index (χ1) is 7.66. The van der Waals surface area contributed by atoms with Crippen LogP contribution in [0.1, 0.15) is 21.9 Å². The smallest absolute Gasteiger partial charge is 0.187 e. The predicted octanol–water partition coefficient (Wildman–Crippen LogP) is 0.944. The molecule has 16 heavy (non-hydrogen) atoms. The molecule has 0 saturated carbocycles. The summed E-state index contributed by atoms with van der Waals surface area (Å²) in [6, 6.07) is 3.52. The topological polar surface area (TPSA) is 60.7 Å². The van der Waals surface area contributed by atoms with E-state index in [2.05, 4.69) is 15.1 Å². The summed E-state index contributed by atoms with van der Waals surface area (Å²) in [4.78, 5) is 19.5. The molecule has 0 bridgehead atoms. The summed E-state index contributed by atoms with van der Waals surface area (Å²) in [5.74, 6) is -0.0228. The molecule has 2 aromatic rings. The maximum Gasteiger partial charge on any atom is 0.187 e. The van der Waals surface area contributed by atoms with Gasteiger partial charge in [-0.1, -0.05) is 0 Å². The van der Waals surface area contributed by atoms with Crippen molar-refractivity contribution in [3.05, 3.63) is 41.7 Å². The minimum Gasteiger partial charge on any atom is -0.292 e. The van der Waals surface area contributed by atoms with Crippen LogP contribution in [0, 0.1) is 6.92 Å². The Bertz CT molecular complexity index is 504. The zero-order chi connectivity index (χ0) is 11.5. The summed E-state index contributed by atoms with van der Waals surface area (Å²) in [5.41, 5.74) is 2.24. The molecule has 2 aromatic heterocycles. The molecule has 0 unspecified atom stereocenters. The fourth-order valence-corrected chi connectivity index (χ4v) is 1.54. The van der Waals surface area contributed by atoms with Crippen LogP contribution in [0.4, 0.5) is 0 Å². The average molecular weight is 216 g/mol. The number of carbonyl (C=O) groups is 1. The second-order valence-corrected chi connectivity index (χ2v) is 3.60. The number of rotatable bonds is 3. The number of aryl methyl sites for hydroxylation is 2. The molecule has 2 rings (SSSR count). The van der Waals surface area contributed by atoms with Crippen LogP contribution in [0.25, 0.3) is 0 Å². The Morgan fingerprint density at radius 2 is 2.31 bits per heavy atom. The summed E-state index contributed by atoms with van der Waals surface area (Å²) >= 11 is 0. The molecule has 0 aromatic carbocycles. The van der Waals surface area contributed by atoms with E-state index in [0.29, 0.717) is 12.1 Å². The molecule has 0 radical (unpaired) electrons. The molecule has 0 saturated heterocycles. The van der Waals surface area contributed by atoms with Crippen LogP contribution in [0.3, 0.4) is 0 Å². The lowest BCUT2D eigenvalue weighted by Crippen LogP contribution is -2.09. The molecule has 5 nitrogen and oxygen atoms in total. The SMILES string of the molecule is Cc1cc(CC(=O)c2ccncn2)n(C)n1. The van der Waals surface area contributed by atoms with E-state index < -0.39 is 0 Å². The maximum absolute atomic E-state index is 11.8. The molecule has 0 aliphatic rings. The number of carbonyl (C=O) groups excluding carboxylic acids is 1. The third-order valence-corrected chi connectivity index (χ3v) is 2.31. The molecular formula is C11H12N4O. The van der Waals surface area contributed by atoms with Crippen LogP contribution in [0.15, 0.2) is 24.7 Å². The summed E-state index contributed by atoms with van der Waals surface area (Å²) in [6.45, 7) is 1.90. The van der Waals surface area contributed by atoms with Gasteiger partial charge < -0.3 is 0 Å². The Kier molecular flexibility index (Phi) is 2.76. The lowest BCUT2D eigenvalue weighted by Gasteiger charge is -2.00. The van der Waals surface area contributed by atoms with Crippen molar-refractivity contribution >= 4 is 5.78 Å². The van der Waals surface area contributed by atoms with E-state index in [4.69, 9.17) is 0 Å². The Morgan fingerprint density at radius 1 is 1.50 bits per heavy atom. The zero-order valence-electron chi connectivity index (χ0n) is 9.21. The van der Waals surface area contributed by atoms with Gasteiger partial charge in [0.15, 0.2) is 5.78 Å². The van der Waals surface area contributed by atoms with Crippen LogP contribution >= 0.6 is 0 Å². The number of hydrogen-bond acceptors (Lipinski definition) is 4. The monoisotopic (exact) mass is 216 g/mol. The summed E-state index contributed by atoms with van der Waals surface area (Å²) in [6.07, 6.45) is 3.25. The van der Waals surface area contributed by atoms with Crippen molar-refractivity contribution in [2.75, 3.05) is 0 Å². The maximum atomic E-state index is 11.8. The molecule has 0 spiro atoms. The van der Waals surface area contributed by atoms with E-state index in [1.165, 1.54) is 6.33 Å². The van der Waals surface area contributed by atoms with Gasteiger partial charge in [-0.2, -0.15) is 5.10 Å². The van der Waals surface area contributed by atoms with Crippen molar-refractivity contribution in [1.82, 2.24) is 19.7 Å². The average Bonchev–Trinajstić information content (AvgIpc) is 2.59. The van der Waals surface area contributed by atoms with Crippen molar-refractivity contribution in [3.63, 3.8) is 0 Å². The molecule has 0 aliphatic heterocycles. The highest BCUT2D eigenvalue weighted by Gasteiger charge is 2.11. The van der Waals surface area contributed by atoms with Gasteiger partial charge in [-0.3, -0.25) is 9.48 Å². The highest BCUT2D eigenvalue weighted by molar-refractivity contribution is 5.95. The van der Waals surface area contributed by atoms with E-state index in [1.807, 2.05) is 20.0 Å². The first kappa shape index (κ1) is 10.5. The minimum atomic E-state index is -0.0228. The quantitative estimate of drug-likeness (QED) is 0.716. The molecule has 0 fully saturated rings. The number of Topliss-reactive ketones (excluding diaryl/α,β-unsaturated/α-hetero) is 1. The molecule has 0 aliphatic carbocycles. The van der Waals surface area contributed by atoms with E-state index in [9.17, 15) is 4.79 Å². The minimum absolute atomic E-state index is 0.0228. The lowest BCUT2D eigenvalue weighted by atomic mass is 10.1. The second kappa shape index (κ2) is 4.22. The van der Waals surface area contributed by atoms with Gasteiger partial charge in [0, 0.05) is 18.9 Å².